The molecule has 0 aliphatic heterocycles. The van der Waals surface area contributed by atoms with E-state index in [2.05, 4.69) is 49.3 Å². The van der Waals surface area contributed by atoms with Crippen LogP contribution in [-0.2, 0) is 15.0 Å². The summed E-state index contributed by atoms with van der Waals surface area (Å²) in [4.78, 5) is 16.7. The molecule has 0 fully saturated rings. The quantitative estimate of drug-likeness (QED) is 0.191. The minimum Gasteiger partial charge on any atom is -0.399 e. The second kappa shape index (κ2) is 9.22. The summed E-state index contributed by atoms with van der Waals surface area (Å²) in [6, 6.07) is 20.9. The normalized spacial score (nSPS) is 14.0. The minimum atomic E-state index is -0.434. The molecule has 3 aromatic rings. The molecule has 0 aromatic heterocycles. The summed E-state index contributed by atoms with van der Waals surface area (Å²) in [7, 11) is 0. The maximum atomic E-state index is 11.6. The molecule has 0 amide bonds. The predicted molar refractivity (Wildman–Crippen MR) is 135 cm³/mol. The van der Waals surface area contributed by atoms with Crippen molar-refractivity contribution in [2.45, 2.75) is 58.8 Å². The van der Waals surface area contributed by atoms with Crippen LogP contribution in [0.25, 0.3) is 11.1 Å². The van der Waals surface area contributed by atoms with E-state index in [-0.39, 0.29) is 5.41 Å². The zero-order chi connectivity index (χ0) is 23.6. The van der Waals surface area contributed by atoms with Gasteiger partial charge in [0.1, 0.15) is 5.71 Å². The standard InChI is InChI=1S/C29H32N2O2/c1-5-15-29(16-6-2)26-17-21(11-13-24(26)25-14-12-22(30)18-27(25)29)28(31-33-20(4)32)23-10-8-7-9-19(23)3/h7-14,17-18H,5-6,15-16,30H2,1-4H3/b31-28+. The number of nitrogen functional groups attached to an aromatic ring is 1. The van der Waals surface area contributed by atoms with Crippen molar-refractivity contribution < 1.29 is 9.63 Å². The number of nitrogens with two attached hydrogens (primary N) is 1. The van der Waals surface area contributed by atoms with Crippen molar-refractivity contribution in [1.82, 2.24) is 0 Å². The first-order valence-corrected chi connectivity index (χ1v) is 11.8. The number of hydrogen-bond acceptors (Lipinski definition) is 4. The predicted octanol–water partition coefficient (Wildman–Crippen LogP) is 6.76. The molecular formula is C29H32N2O2. The molecule has 0 unspecified atom stereocenters. The van der Waals surface area contributed by atoms with Crippen molar-refractivity contribution in [2.75, 3.05) is 5.73 Å². The SMILES string of the molecule is CCCC1(CCC)c2cc(N)ccc2-c2ccc(/C(=N\OC(C)=O)c3ccccc3C)cc21. The number of hydrogen-bond donors (Lipinski definition) is 1. The largest absolute Gasteiger partial charge is 0.399 e. The molecule has 0 saturated heterocycles. The maximum absolute atomic E-state index is 11.6. The number of anilines is 1. The monoisotopic (exact) mass is 440 g/mol. The lowest BCUT2D eigenvalue weighted by atomic mass is 9.71. The minimum absolute atomic E-state index is 0.0855. The van der Waals surface area contributed by atoms with Crippen LogP contribution >= 0.6 is 0 Å². The first kappa shape index (κ1) is 22.8. The Hall–Kier alpha value is -3.40. The molecule has 4 nitrogen and oxygen atoms in total. The molecule has 170 valence electrons. The van der Waals surface area contributed by atoms with Gasteiger partial charge in [-0.2, -0.15) is 0 Å². The van der Waals surface area contributed by atoms with Crippen molar-refractivity contribution >= 4 is 17.4 Å². The smallest absolute Gasteiger partial charge is 0.332 e. The molecule has 33 heavy (non-hydrogen) atoms. The van der Waals surface area contributed by atoms with E-state index in [1.165, 1.54) is 29.2 Å². The molecule has 1 aliphatic rings. The number of fused-ring (bicyclic) bond motifs is 3. The summed E-state index contributed by atoms with van der Waals surface area (Å²) in [6.45, 7) is 7.90. The zero-order valence-electron chi connectivity index (χ0n) is 19.9. The van der Waals surface area contributed by atoms with Gasteiger partial charge in [-0.15, -0.1) is 0 Å². The van der Waals surface area contributed by atoms with Crippen LogP contribution in [0.2, 0.25) is 0 Å². The van der Waals surface area contributed by atoms with E-state index in [9.17, 15) is 4.79 Å². The average Bonchev–Trinajstić information content (AvgIpc) is 3.04. The van der Waals surface area contributed by atoms with Crippen LogP contribution in [0, 0.1) is 6.92 Å². The fraction of sp³-hybridized carbons (Fsp3) is 0.310. The van der Waals surface area contributed by atoms with Gasteiger partial charge in [-0.3, -0.25) is 0 Å². The van der Waals surface area contributed by atoms with Crippen LogP contribution < -0.4 is 5.73 Å². The topological polar surface area (TPSA) is 64.7 Å². The lowest BCUT2D eigenvalue weighted by Crippen LogP contribution is -2.25. The van der Waals surface area contributed by atoms with Gasteiger partial charge < -0.3 is 10.6 Å². The highest BCUT2D eigenvalue weighted by Crippen LogP contribution is 2.54. The first-order chi connectivity index (χ1) is 15.9. The summed E-state index contributed by atoms with van der Waals surface area (Å²) >= 11 is 0. The molecule has 0 saturated carbocycles. The van der Waals surface area contributed by atoms with E-state index in [4.69, 9.17) is 10.6 Å². The number of rotatable bonds is 7. The van der Waals surface area contributed by atoms with Crippen LogP contribution in [0.5, 0.6) is 0 Å². The molecule has 0 radical (unpaired) electrons. The van der Waals surface area contributed by atoms with Gasteiger partial charge in [0.15, 0.2) is 0 Å². The number of carbonyl (C=O) groups is 1. The molecule has 0 heterocycles. The lowest BCUT2D eigenvalue weighted by Gasteiger charge is -2.32. The summed E-state index contributed by atoms with van der Waals surface area (Å²) in [6.07, 6.45) is 4.25. The van der Waals surface area contributed by atoms with E-state index in [0.717, 1.165) is 48.1 Å². The summed E-state index contributed by atoms with van der Waals surface area (Å²) < 4.78 is 0. The maximum Gasteiger partial charge on any atom is 0.332 e. The Balaban J connectivity index is 1.95. The number of carbonyl (C=O) groups excluding carboxylic acids is 1. The lowest BCUT2D eigenvalue weighted by molar-refractivity contribution is -0.140. The van der Waals surface area contributed by atoms with Gasteiger partial charge in [-0.05, 0) is 65.8 Å². The van der Waals surface area contributed by atoms with Gasteiger partial charge in [-0.1, -0.05) is 74.3 Å². The fourth-order valence-corrected chi connectivity index (χ4v) is 5.38. The van der Waals surface area contributed by atoms with Crippen molar-refractivity contribution in [2.24, 2.45) is 5.16 Å². The number of aryl methyl sites for hydroxylation is 1. The molecule has 4 heteroatoms. The average molecular weight is 441 g/mol. The molecule has 2 N–H and O–H groups in total. The highest BCUT2D eigenvalue weighted by molar-refractivity contribution is 6.14. The Labute approximate surface area is 196 Å². The van der Waals surface area contributed by atoms with E-state index in [1.54, 1.807) is 0 Å². The molecule has 0 atom stereocenters. The third-order valence-electron chi connectivity index (χ3n) is 6.68. The Morgan fingerprint density at radius 1 is 0.939 bits per heavy atom. The van der Waals surface area contributed by atoms with E-state index in [1.807, 2.05) is 37.3 Å². The van der Waals surface area contributed by atoms with Crippen LogP contribution in [0.3, 0.4) is 0 Å². The number of benzene rings is 3. The number of oxime groups is 1. The highest BCUT2D eigenvalue weighted by atomic mass is 16.7. The van der Waals surface area contributed by atoms with Crippen LogP contribution in [0.1, 0.15) is 74.3 Å². The Morgan fingerprint density at radius 2 is 1.58 bits per heavy atom. The summed E-state index contributed by atoms with van der Waals surface area (Å²) in [5.74, 6) is -0.434. The van der Waals surface area contributed by atoms with Crippen LogP contribution in [0.4, 0.5) is 5.69 Å². The van der Waals surface area contributed by atoms with Gasteiger partial charge >= 0.3 is 5.97 Å². The highest BCUT2D eigenvalue weighted by Gasteiger charge is 2.42. The van der Waals surface area contributed by atoms with Crippen molar-refractivity contribution in [3.8, 4) is 11.1 Å². The number of nitrogens with zero attached hydrogens (tertiary/aromatic N) is 1. The molecule has 3 aromatic carbocycles. The van der Waals surface area contributed by atoms with E-state index >= 15 is 0 Å². The van der Waals surface area contributed by atoms with Gasteiger partial charge in [0.05, 0.1) is 0 Å². The van der Waals surface area contributed by atoms with E-state index < -0.39 is 5.97 Å². The second-order valence-corrected chi connectivity index (χ2v) is 8.99. The van der Waals surface area contributed by atoms with Crippen LogP contribution in [-0.4, -0.2) is 11.7 Å². The fourth-order valence-electron chi connectivity index (χ4n) is 5.38. The third-order valence-corrected chi connectivity index (χ3v) is 6.68. The molecule has 0 spiro atoms. The first-order valence-electron chi connectivity index (χ1n) is 11.8. The van der Waals surface area contributed by atoms with Gasteiger partial charge in [0, 0.05) is 29.2 Å². The zero-order valence-corrected chi connectivity index (χ0v) is 19.9. The Kier molecular flexibility index (Phi) is 6.37. The molecule has 1 aliphatic carbocycles. The van der Waals surface area contributed by atoms with Crippen molar-refractivity contribution in [3.63, 3.8) is 0 Å². The Morgan fingerprint density at radius 3 is 2.21 bits per heavy atom. The van der Waals surface area contributed by atoms with Gasteiger partial charge in [0.2, 0.25) is 0 Å². The van der Waals surface area contributed by atoms with Crippen molar-refractivity contribution in [3.05, 3.63) is 88.5 Å². The van der Waals surface area contributed by atoms with E-state index in [0.29, 0.717) is 5.71 Å². The van der Waals surface area contributed by atoms with Crippen LogP contribution in [0.15, 0.2) is 65.8 Å². The molecule has 0 bridgehead atoms. The summed E-state index contributed by atoms with van der Waals surface area (Å²) in [5.41, 5.74) is 15.8. The van der Waals surface area contributed by atoms with Crippen molar-refractivity contribution in [1.29, 1.82) is 0 Å². The summed E-state index contributed by atoms with van der Waals surface area (Å²) in [5, 5.41) is 4.30. The third kappa shape index (κ3) is 4.06. The van der Waals surface area contributed by atoms with Gasteiger partial charge in [0.25, 0.3) is 0 Å². The second-order valence-electron chi connectivity index (χ2n) is 8.99. The van der Waals surface area contributed by atoms with Gasteiger partial charge in [-0.25, -0.2) is 4.79 Å². The Bertz CT molecular complexity index is 1220. The molecular weight excluding hydrogens is 408 g/mol. The molecule has 4 rings (SSSR count).